The minimum Gasteiger partial charge on any atom is -0.508 e. The van der Waals surface area contributed by atoms with Crippen molar-refractivity contribution in [2.75, 3.05) is 19.8 Å². The molecule has 0 saturated heterocycles. The van der Waals surface area contributed by atoms with Crippen molar-refractivity contribution in [1.82, 2.24) is 5.32 Å². The summed E-state index contributed by atoms with van der Waals surface area (Å²) < 4.78 is 39.8. The molecule has 108 valence electrons. The van der Waals surface area contributed by atoms with E-state index >= 15 is 0 Å². The number of benzene rings is 1. The summed E-state index contributed by atoms with van der Waals surface area (Å²) in [7, 11) is 0. The Hall–Kier alpha value is -1.47. The number of ether oxygens (including phenoxy) is 1. The molecular weight excluding hydrogens is 263 g/mol. The lowest BCUT2D eigenvalue weighted by molar-refractivity contribution is -0.173. The molecule has 1 atom stereocenters. The van der Waals surface area contributed by atoms with E-state index < -0.39 is 12.8 Å². The Morgan fingerprint density at radius 1 is 1.32 bits per heavy atom. The Bertz CT molecular complexity index is 410. The summed E-state index contributed by atoms with van der Waals surface area (Å²) in [4.78, 5) is 0. The van der Waals surface area contributed by atoms with Crippen LogP contribution in [0, 0.1) is 0 Å². The lowest BCUT2D eigenvalue weighted by atomic mass is 10.1. The van der Waals surface area contributed by atoms with Crippen molar-refractivity contribution in [3.8, 4) is 11.5 Å². The first-order chi connectivity index (χ1) is 8.79. The minimum atomic E-state index is -4.32. The zero-order valence-electron chi connectivity index (χ0n) is 10.4. The second kappa shape index (κ2) is 6.63. The van der Waals surface area contributed by atoms with E-state index in [1.165, 1.54) is 18.2 Å². The van der Waals surface area contributed by atoms with Crippen molar-refractivity contribution < 1.29 is 28.1 Å². The normalized spacial score (nSPS) is 13.5. The van der Waals surface area contributed by atoms with Crippen LogP contribution in [0.25, 0.3) is 0 Å². The molecule has 0 aliphatic heterocycles. The summed E-state index contributed by atoms with van der Waals surface area (Å²) >= 11 is 0. The third-order valence-corrected chi connectivity index (χ3v) is 2.44. The van der Waals surface area contributed by atoms with Crippen LogP contribution in [0.5, 0.6) is 11.5 Å². The first-order valence-corrected chi connectivity index (χ1v) is 5.69. The Labute approximate surface area is 108 Å². The summed E-state index contributed by atoms with van der Waals surface area (Å²) in [6, 6.07) is 3.77. The molecule has 19 heavy (non-hydrogen) atoms. The number of phenols is 2. The topological polar surface area (TPSA) is 61.7 Å². The first-order valence-electron chi connectivity index (χ1n) is 5.69. The maximum atomic E-state index is 11.8. The number of halogens is 3. The summed E-state index contributed by atoms with van der Waals surface area (Å²) in [5.74, 6) is 0.0174. The molecule has 1 aromatic rings. The van der Waals surface area contributed by atoms with Gasteiger partial charge >= 0.3 is 6.18 Å². The number of phenolic OH excluding ortho intramolecular Hbond substituents is 2. The molecule has 0 fully saturated rings. The van der Waals surface area contributed by atoms with E-state index in [0.29, 0.717) is 5.56 Å². The Balaban J connectivity index is 2.35. The zero-order valence-corrected chi connectivity index (χ0v) is 10.4. The Morgan fingerprint density at radius 3 is 2.63 bits per heavy atom. The molecule has 0 aliphatic carbocycles. The molecule has 7 heteroatoms. The molecule has 4 nitrogen and oxygen atoms in total. The predicted molar refractivity (Wildman–Crippen MR) is 63.1 cm³/mol. The fourth-order valence-corrected chi connectivity index (χ4v) is 1.53. The van der Waals surface area contributed by atoms with Gasteiger partial charge in [-0.05, 0) is 25.1 Å². The van der Waals surface area contributed by atoms with Crippen molar-refractivity contribution in [2.45, 2.75) is 19.1 Å². The molecule has 1 aromatic carbocycles. The van der Waals surface area contributed by atoms with Crippen LogP contribution in [0.1, 0.15) is 18.5 Å². The quantitative estimate of drug-likeness (QED) is 0.552. The van der Waals surface area contributed by atoms with E-state index in [2.05, 4.69) is 10.1 Å². The predicted octanol–water partition coefficient (Wildman–Crippen LogP) is 2.33. The molecule has 1 rings (SSSR count). The van der Waals surface area contributed by atoms with Crippen LogP contribution >= 0.6 is 0 Å². The third-order valence-electron chi connectivity index (χ3n) is 2.44. The maximum Gasteiger partial charge on any atom is 0.411 e. The SMILES string of the molecule is CC(NCCOCC(F)(F)F)c1cc(O)ccc1O. The standard InChI is InChI=1S/C12H16F3NO3/c1-8(10-6-9(17)2-3-11(10)18)16-4-5-19-7-12(13,14)15/h2-3,6,8,16-18H,4-5,7H2,1H3. The van der Waals surface area contributed by atoms with E-state index in [0.717, 1.165) is 0 Å². The van der Waals surface area contributed by atoms with Crippen LogP contribution in [0.15, 0.2) is 18.2 Å². The smallest absolute Gasteiger partial charge is 0.411 e. The average Bonchev–Trinajstić information content (AvgIpc) is 2.30. The van der Waals surface area contributed by atoms with Gasteiger partial charge < -0.3 is 20.3 Å². The van der Waals surface area contributed by atoms with Crippen LogP contribution < -0.4 is 5.32 Å². The highest BCUT2D eigenvalue weighted by atomic mass is 19.4. The zero-order chi connectivity index (χ0) is 14.5. The molecule has 3 N–H and O–H groups in total. The molecule has 1 unspecified atom stereocenters. The van der Waals surface area contributed by atoms with Crippen LogP contribution in [0.4, 0.5) is 13.2 Å². The van der Waals surface area contributed by atoms with Crippen molar-refractivity contribution in [3.63, 3.8) is 0 Å². The lowest BCUT2D eigenvalue weighted by Crippen LogP contribution is -2.26. The van der Waals surface area contributed by atoms with Crippen molar-refractivity contribution in [3.05, 3.63) is 23.8 Å². The summed E-state index contributed by atoms with van der Waals surface area (Å²) in [6.45, 7) is 0.550. The van der Waals surface area contributed by atoms with E-state index in [1.807, 2.05) is 0 Å². The number of rotatable bonds is 6. The number of nitrogens with one attached hydrogen (secondary N) is 1. The number of hydrogen-bond donors (Lipinski definition) is 3. The van der Waals surface area contributed by atoms with Crippen LogP contribution in [0.3, 0.4) is 0 Å². The molecule has 0 bridgehead atoms. The van der Waals surface area contributed by atoms with Crippen molar-refractivity contribution in [2.24, 2.45) is 0 Å². The Morgan fingerprint density at radius 2 is 2.00 bits per heavy atom. The average molecular weight is 279 g/mol. The monoisotopic (exact) mass is 279 g/mol. The third kappa shape index (κ3) is 5.80. The number of hydrogen-bond acceptors (Lipinski definition) is 4. The highest BCUT2D eigenvalue weighted by molar-refractivity contribution is 5.40. The molecule has 0 saturated carbocycles. The molecule has 0 aromatic heterocycles. The summed E-state index contributed by atoms with van der Waals surface area (Å²) in [5, 5.41) is 21.8. The molecule has 0 aliphatic rings. The summed E-state index contributed by atoms with van der Waals surface area (Å²) in [6.07, 6.45) is -4.32. The van der Waals surface area contributed by atoms with Crippen LogP contribution in [0.2, 0.25) is 0 Å². The van der Waals surface area contributed by atoms with Crippen molar-refractivity contribution in [1.29, 1.82) is 0 Å². The maximum absolute atomic E-state index is 11.8. The van der Waals surface area contributed by atoms with E-state index in [-0.39, 0.29) is 30.7 Å². The second-order valence-electron chi connectivity index (χ2n) is 4.09. The van der Waals surface area contributed by atoms with Gasteiger partial charge in [-0.1, -0.05) is 0 Å². The largest absolute Gasteiger partial charge is 0.508 e. The van der Waals surface area contributed by atoms with Crippen LogP contribution in [-0.2, 0) is 4.74 Å². The highest BCUT2D eigenvalue weighted by Crippen LogP contribution is 2.27. The molecule has 0 heterocycles. The fourth-order valence-electron chi connectivity index (χ4n) is 1.53. The minimum absolute atomic E-state index is 0.00834. The van der Waals surface area contributed by atoms with Gasteiger partial charge in [-0.15, -0.1) is 0 Å². The van der Waals surface area contributed by atoms with Gasteiger partial charge in [0.25, 0.3) is 0 Å². The highest BCUT2D eigenvalue weighted by Gasteiger charge is 2.27. The van der Waals surface area contributed by atoms with Gasteiger partial charge in [-0.3, -0.25) is 0 Å². The first kappa shape index (κ1) is 15.6. The molecule has 0 spiro atoms. The van der Waals surface area contributed by atoms with Gasteiger partial charge in [0.1, 0.15) is 18.1 Å². The van der Waals surface area contributed by atoms with Gasteiger partial charge in [-0.25, -0.2) is 0 Å². The number of alkyl halides is 3. The van der Waals surface area contributed by atoms with E-state index in [1.54, 1.807) is 6.92 Å². The number of aromatic hydroxyl groups is 2. The lowest BCUT2D eigenvalue weighted by Gasteiger charge is -2.16. The van der Waals surface area contributed by atoms with Gasteiger partial charge in [0, 0.05) is 18.2 Å². The van der Waals surface area contributed by atoms with E-state index in [9.17, 15) is 23.4 Å². The molecule has 0 radical (unpaired) electrons. The fraction of sp³-hybridized carbons (Fsp3) is 0.500. The van der Waals surface area contributed by atoms with Gasteiger partial charge in [0.05, 0.1) is 6.61 Å². The summed E-state index contributed by atoms with van der Waals surface area (Å²) in [5.41, 5.74) is 0.468. The van der Waals surface area contributed by atoms with Gasteiger partial charge in [0.15, 0.2) is 0 Å². The van der Waals surface area contributed by atoms with Gasteiger partial charge in [0.2, 0.25) is 0 Å². The molecule has 0 amide bonds. The van der Waals surface area contributed by atoms with Crippen LogP contribution in [-0.4, -0.2) is 36.1 Å². The second-order valence-corrected chi connectivity index (χ2v) is 4.09. The molecular formula is C12H16F3NO3. The Kier molecular flexibility index (Phi) is 5.44. The van der Waals surface area contributed by atoms with Gasteiger partial charge in [-0.2, -0.15) is 13.2 Å². The van der Waals surface area contributed by atoms with Crippen molar-refractivity contribution >= 4 is 0 Å². The van der Waals surface area contributed by atoms with E-state index in [4.69, 9.17) is 0 Å².